The van der Waals surface area contributed by atoms with Crippen molar-refractivity contribution in [3.05, 3.63) is 35.4 Å². The van der Waals surface area contributed by atoms with Crippen LogP contribution in [-0.2, 0) is 4.79 Å². The molecule has 1 amide bonds. The van der Waals surface area contributed by atoms with E-state index in [1.807, 2.05) is 12.1 Å². The van der Waals surface area contributed by atoms with Gasteiger partial charge in [-0.25, -0.2) is 0 Å². The molecule has 0 spiro atoms. The number of rotatable bonds is 4. The van der Waals surface area contributed by atoms with Crippen LogP contribution in [0.2, 0.25) is 0 Å². The maximum Gasteiger partial charge on any atom is 0.325 e. The highest BCUT2D eigenvalue weighted by atomic mass is 16.4. The summed E-state index contributed by atoms with van der Waals surface area (Å²) in [5.74, 6) is -0.758. The van der Waals surface area contributed by atoms with Gasteiger partial charge in [-0.1, -0.05) is 31.4 Å². The fourth-order valence-electron chi connectivity index (χ4n) is 2.68. The van der Waals surface area contributed by atoms with Crippen molar-refractivity contribution >= 4 is 11.9 Å². The molecule has 108 valence electrons. The van der Waals surface area contributed by atoms with Gasteiger partial charge in [0.05, 0.1) is 0 Å². The molecule has 4 heteroatoms. The normalized spacial score (nSPS) is 17.4. The minimum atomic E-state index is -1.03. The summed E-state index contributed by atoms with van der Waals surface area (Å²) in [5, 5.41) is 11.2. The number of nitrogens with one attached hydrogen (secondary N) is 1. The number of amides is 1. The summed E-state index contributed by atoms with van der Waals surface area (Å²) in [7, 11) is 0. The Morgan fingerprint density at radius 2 is 1.75 bits per heavy atom. The number of carboxylic acid groups (broad SMARTS) is 1. The summed E-state index contributed by atoms with van der Waals surface area (Å²) in [6, 6.07) is 6.69. The van der Waals surface area contributed by atoms with Gasteiger partial charge in [-0.3, -0.25) is 9.59 Å². The fourth-order valence-corrected chi connectivity index (χ4v) is 2.68. The molecule has 2 rings (SSSR count). The molecule has 1 aliphatic carbocycles. The van der Waals surface area contributed by atoms with Gasteiger partial charge in [-0.05, 0) is 43.4 Å². The summed E-state index contributed by atoms with van der Waals surface area (Å²) in [4.78, 5) is 22.6. The molecule has 1 aromatic carbocycles. The topological polar surface area (TPSA) is 66.4 Å². The van der Waals surface area contributed by atoms with Gasteiger partial charge < -0.3 is 10.4 Å². The summed E-state index contributed by atoms with van der Waals surface area (Å²) in [6.45, 7) is 1.45. The summed E-state index contributed by atoms with van der Waals surface area (Å²) >= 11 is 0. The van der Waals surface area contributed by atoms with Crippen LogP contribution in [0.25, 0.3) is 0 Å². The van der Waals surface area contributed by atoms with Crippen LogP contribution < -0.4 is 5.32 Å². The lowest BCUT2D eigenvalue weighted by Crippen LogP contribution is -2.38. The van der Waals surface area contributed by atoms with Crippen LogP contribution in [-0.4, -0.2) is 23.0 Å². The Hall–Kier alpha value is -1.84. The van der Waals surface area contributed by atoms with E-state index in [2.05, 4.69) is 5.32 Å². The van der Waals surface area contributed by atoms with Crippen LogP contribution in [0.4, 0.5) is 0 Å². The van der Waals surface area contributed by atoms with Gasteiger partial charge in [-0.15, -0.1) is 0 Å². The molecule has 0 bridgehead atoms. The Morgan fingerprint density at radius 1 is 1.15 bits per heavy atom. The Labute approximate surface area is 119 Å². The van der Waals surface area contributed by atoms with Gasteiger partial charge in [0.15, 0.2) is 0 Å². The highest BCUT2D eigenvalue weighted by Crippen LogP contribution is 2.32. The van der Waals surface area contributed by atoms with Crippen molar-refractivity contribution in [2.45, 2.75) is 51.0 Å². The lowest BCUT2D eigenvalue weighted by Gasteiger charge is -2.22. The lowest BCUT2D eigenvalue weighted by molar-refractivity contribution is -0.138. The number of hydrogen-bond acceptors (Lipinski definition) is 2. The Kier molecular flexibility index (Phi) is 4.77. The number of aliphatic carboxylic acids is 1. The number of benzene rings is 1. The van der Waals surface area contributed by atoms with Gasteiger partial charge in [0.2, 0.25) is 0 Å². The second kappa shape index (κ2) is 6.55. The SMILES string of the molecule is C[C@@H](NC(=O)c1ccc(C2CCCCC2)cc1)C(=O)O. The molecule has 2 N–H and O–H groups in total. The Balaban J connectivity index is 2.00. The first-order valence-corrected chi connectivity index (χ1v) is 7.21. The molecule has 1 atom stereocenters. The average Bonchev–Trinajstić information content (AvgIpc) is 2.48. The predicted octanol–water partition coefficient (Wildman–Crippen LogP) is 2.94. The zero-order valence-corrected chi connectivity index (χ0v) is 11.8. The highest BCUT2D eigenvalue weighted by molar-refractivity contribution is 5.96. The number of hydrogen-bond donors (Lipinski definition) is 2. The second-order valence-corrected chi connectivity index (χ2v) is 5.49. The van der Waals surface area contributed by atoms with Gasteiger partial charge in [0.25, 0.3) is 5.91 Å². The van der Waals surface area contributed by atoms with Gasteiger partial charge in [0.1, 0.15) is 6.04 Å². The zero-order chi connectivity index (χ0) is 14.5. The summed E-state index contributed by atoms with van der Waals surface area (Å²) < 4.78 is 0. The third-order valence-electron chi connectivity index (χ3n) is 3.97. The largest absolute Gasteiger partial charge is 0.480 e. The number of carbonyl (C=O) groups excluding carboxylic acids is 1. The van der Waals surface area contributed by atoms with Crippen LogP contribution in [0.1, 0.15) is 60.9 Å². The monoisotopic (exact) mass is 275 g/mol. The van der Waals surface area contributed by atoms with E-state index in [1.54, 1.807) is 12.1 Å². The molecule has 0 heterocycles. The molecular formula is C16H21NO3. The van der Waals surface area contributed by atoms with E-state index in [4.69, 9.17) is 5.11 Å². The highest BCUT2D eigenvalue weighted by Gasteiger charge is 2.17. The smallest absolute Gasteiger partial charge is 0.325 e. The minimum absolute atomic E-state index is 0.338. The first kappa shape index (κ1) is 14.6. The van der Waals surface area contributed by atoms with Crippen LogP contribution in [0.3, 0.4) is 0 Å². The molecule has 0 saturated heterocycles. The van der Waals surface area contributed by atoms with E-state index in [0.29, 0.717) is 11.5 Å². The maximum atomic E-state index is 11.9. The third-order valence-corrected chi connectivity index (χ3v) is 3.97. The van der Waals surface area contributed by atoms with Crippen molar-refractivity contribution in [1.29, 1.82) is 0 Å². The third kappa shape index (κ3) is 3.59. The summed E-state index contributed by atoms with van der Waals surface area (Å²) in [5.41, 5.74) is 1.80. The van der Waals surface area contributed by atoms with E-state index in [-0.39, 0.29) is 5.91 Å². The van der Waals surface area contributed by atoms with Crippen LogP contribution in [0, 0.1) is 0 Å². The van der Waals surface area contributed by atoms with Crippen LogP contribution in [0.15, 0.2) is 24.3 Å². The van der Waals surface area contributed by atoms with Crippen LogP contribution >= 0.6 is 0 Å². The molecule has 1 saturated carbocycles. The van der Waals surface area contributed by atoms with Gasteiger partial charge in [0, 0.05) is 5.56 Å². The number of carbonyl (C=O) groups is 2. The quantitative estimate of drug-likeness (QED) is 0.887. The standard InChI is InChI=1S/C16H21NO3/c1-11(16(19)20)17-15(18)14-9-7-13(8-10-14)12-5-3-2-4-6-12/h7-12H,2-6H2,1H3,(H,17,18)(H,19,20)/t11-/m1/s1. The second-order valence-electron chi connectivity index (χ2n) is 5.49. The van der Waals surface area contributed by atoms with E-state index < -0.39 is 12.0 Å². The molecule has 0 unspecified atom stereocenters. The number of carboxylic acids is 1. The summed E-state index contributed by atoms with van der Waals surface area (Å²) in [6.07, 6.45) is 6.33. The van der Waals surface area contributed by atoms with E-state index in [0.717, 1.165) is 0 Å². The fraction of sp³-hybridized carbons (Fsp3) is 0.500. The average molecular weight is 275 g/mol. The van der Waals surface area contributed by atoms with Gasteiger partial charge >= 0.3 is 5.97 Å². The zero-order valence-electron chi connectivity index (χ0n) is 11.8. The van der Waals surface area contributed by atoms with E-state index in [9.17, 15) is 9.59 Å². The molecule has 1 aromatic rings. The van der Waals surface area contributed by atoms with Crippen molar-refractivity contribution in [3.8, 4) is 0 Å². The van der Waals surface area contributed by atoms with Crippen LogP contribution in [0.5, 0.6) is 0 Å². The molecule has 20 heavy (non-hydrogen) atoms. The van der Waals surface area contributed by atoms with Crippen molar-refractivity contribution in [2.24, 2.45) is 0 Å². The van der Waals surface area contributed by atoms with Crippen molar-refractivity contribution in [2.75, 3.05) is 0 Å². The van der Waals surface area contributed by atoms with Crippen molar-refractivity contribution < 1.29 is 14.7 Å². The van der Waals surface area contributed by atoms with E-state index in [1.165, 1.54) is 44.6 Å². The molecule has 1 aliphatic rings. The van der Waals surface area contributed by atoms with Crippen molar-refractivity contribution in [3.63, 3.8) is 0 Å². The molecule has 0 radical (unpaired) electrons. The predicted molar refractivity (Wildman–Crippen MR) is 76.8 cm³/mol. The first-order valence-electron chi connectivity index (χ1n) is 7.21. The molecule has 0 aromatic heterocycles. The first-order chi connectivity index (χ1) is 9.58. The minimum Gasteiger partial charge on any atom is -0.480 e. The molecule has 4 nitrogen and oxygen atoms in total. The van der Waals surface area contributed by atoms with Gasteiger partial charge in [-0.2, -0.15) is 0 Å². The van der Waals surface area contributed by atoms with E-state index >= 15 is 0 Å². The Morgan fingerprint density at radius 3 is 2.30 bits per heavy atom. The maximum absolute atomic E-state index is 11.9. The molecule has 0 aliphatic heterocycles. The Bertz CT molecular complexity index is 475. The van der Waals surface area contributed by atoms with Crippen molar-refractivity contribution in [1.82, 2.24) is 5.32 Å². The molecule has 1 fully saturated rings. The molecular weight excluding hydrogens is 254 g/mol. The lowest BCUT2D eigenvalue weighted by atomic mass is 9.84.